The van der Waals surface area contributed by atoms with Crippen molar-refractivity contribution in [2.75, 3.05) is 12.3 Å². The number of ether oxygens (including phenoxy) is 1. The molecule has 11 nitrogen and oxygen atoms in total. The van der Waals surface area contributed by atoms with Crippen molar-refractivity contribution in [1.82, 2.24) is 9.55 Å². The number of rotatable bonds is 5. The monoisotopic (exact) mass is 337 g/mol. The molecule has 2 rings (SSSR count). The summed E-state index contributed by atoms with van der Waals surface area (Å²) in [6.45, 7) is -0.389. The summed E-state index contributed by atoms with van der Waals surface area (Å²) in [6.07, 6.45) is -3.73. The van der Waals surface area contributed by atoms with Crippen molar-refractivity contribution in [2.24, 2.45) is 0 Å². The molecule has 0 spiro atoms. The van der Waals surface area contributed by atoms with Gasteiger partial charge in [0, 0.05) is 12.6 Å². The Kier molecular flexibility index (Phi) is 4.97. The van der Waals surface area contributed by atoms with E-state index in [0.717, 1.165) is 4.57 Å². The van der Waals surface area contributed by atoms with E-state index in [4.69, 9.17) is 20.3 Å². The van der Waals surface area contributed by atoms with Crippen LogP contribution >= 0.6 is 7.82 Å². The fraction of sp³-hybridized carbons (Fsp3) is 0.600. The van der Waals surface area contributed by atoms with Crippen LogP contribution in [-0.2, 0) is 13.8 Å². The molecule has 0 saturated carbocycles. The number of phosphoric ester groups is 1. The molecule has 0 aliphatic carbocycles. The van der Waals surface area contributed by atoms with Crippen LogP contribution in [0, 0.1) is 0 Å². The van der Waals surface area contributed by atoms with Crippen LogP contribution in [0.2, 0.25) is 0 Å². The summed E-state index contributed by atoms with van der Waals surface area (Å²) in [6, 6.07) is 1.33. The molecule has 12 heteroatoms. The molecular weight excluding hydrogens is 321 g/mol. The first-order valence-electron chi connectivity index (χ1n) is 6.25. The number of aliphatic hydroxyl groups excluding tert-OH is 2. The maximum Gasteiger partial charge on any atom is 0.469 e. The number of hydrogen-bond donors (Lipinski definition) is 5. The molecule has 124 valence electrons. The van der Waals surface area contributed by atoms with E-state index >= 15 is 0 Å². The van der Waals surface area contributed by atoms with E-state index in [0.29, 0.717) is 0 Å². The van der Waals surface area contributed by atoms with Crippen molar-refractivity contribution in [1.29, 1.82) is 0 Å². The summed E-state index contributed by atoms with van der Waals surface area (Å²) in [7, 11) is -4.62. The molecule has 4 atom stereocenters. The zero-order chi connectivity index (χ0) is 16.5. The molecule has 1 aliphatic rings. The minimum Gasteiger partial charge on any atom is -0.388 e. The Bertz CT molecular complexity index is 631. The predicted molar refractivity (Wildman–Crippen MR) is 71.4 cm³/mol. The SMILES string of the molecule is Nc1ccn(C2OC(CCOP(=O)(O)O)C(O)C2O)c(=O)n1. The second-order valence-corrected chi connectivity index (χ2v) is 5.94. The largest absolute Gasteiger partial charge is 0.469 e. The predicted octanol–water partition coefficient (Wildman–Crippen LogP) is -2.06. The lowest BCUT2D eigenvalue weighted by Crippen LogP contribution is -2.35. The summed E-state index contributed by atoms with van der Waals surface area (Å²) in [5.41, 5.74) is 4.59. The third-order valence-electron chi connectivity index (χ3n) is 3.12. The fourth-order valence-corrected chi connectivity index (χ4v) is 2.45. The number of aromatic nitrogens is 2. The average Bonchev–Trinajstić information content (AvgIpc) is 2.66. The number of anilines is 1. The Morgan fingerprint density at radius 1 is 1.41 bits per heavy atom. The van der Waals surface area contributed by atoms with Crippen molar-refractivity contribution >= 4 is 13.6 Å². The first kappa shape index (κ1) is 17.0. The van der Waals surface area contributed by atoms with Crippen molar-refractivity contribution in [3.8, 4) is 0 Å². The van der Waals surface area contributed by atoms with E-state index in [1.807, 2.05) is 0 Å². The minimum absolute atomic E-state index is 0.000814. The van der Waals surface area contributed by atoms with Gasteiger partial charge < -0.3 is 30.5 Å². The summed E-state index contributed by atoms with van der Waals surface area (Å²) < 4.78 is 21.1. The van der Waals surface area contributed by atoms with Crippen LogP contribution in [0.3, 0.4) is 0 Å². The van der Waals surface area contributed by atoms with Gasteiger partial charge in [-0.3, -0.25) is 9.09 Å². The van der Waals surface area contributed by atoms with Crippen LogP contribution in [0.15, 0.2) is 17.1 Å². The quantitative estimate of drug-likeness (QED) is 0.375. The van der Waals surface area contributed by atoms with Gasteiger partial charge in [0.25, 0.3) is 0 Å². The number of phosphoric acid groups is 1. The maximum atomic E-state index is 11.7. The Balaban J connectivity index is 2.06. The molecule has 1 saturated heterocycles. The van der Waals surface area contributed by atoms with Crippen molar-refractivity contribution < 1.29 is 33.8 Å². The normalized spacial score (nSPS) is 28.9. The Hall–Kier alpha value is -1.33. The molecular formula is C10H16N3O8P. The number of hydrogen-bond acceptors (Lipinski definition) is 8. The molecule has 0 amide bonds. The molecule has 6 N–H and O–H groups in total. The van der Waals surface area contributed by atoms with Crippen molar-refractivity contribution in [3.63, 3.8) is 0 Å². The topological polar surface area (TPSA) is 177 Å². The zero-order valence-corrected chi connectivity index (χ0v) is 12.1. The van der Waals surface area contributed by atoms with E-state index in [1.54, 1.807) is 0 Å². The smallest absolute Gasteiger partial charge is 0.388 e. The minimum atomic E-state index is -4.62. The maximum absolute atomic E-state index is 11.7. The van der Waals surface area contributed by atoms with E-state index in [1.165, 1.54) is 12.3 Å². The third-order valence-corrected chi connectivity index (χ3v) is 3.64. The first-order chi connectivity index (χ1) is 10.2. The van der Waals surface area contributed by atoms with Crippen LogP contribution in [-0.4, -0.2) is 54.5 Å². The zero-order valence-electron chi connectivity index (χ0n) is 11.2. The number of aliphatic hydroxyl groups is 2. The lowest BCUT2D eigenvalue weighted by Gasteiger charge is -2.16. The summed E-state index contributed by atoms with van der Waals surface area (Å²) in [5.74, 6) is 0.000814. The molecule has 4 unspecified atom stereocenters. The van der Waals surface area contributed by atoms with Gasteiger partial charge in [0.1, 0.15) is 18.0 Å². The summed E-state index contributed by atoms with van der Waals surface area (Å²) in [5, 5.41) is 19.8. The van der Waals surface area contributed by atoms with Gasteiger partial charge >= 0.3 is 13.5 Å². The Morgan fingerprint density at radius 2 is 2.09 bits per heavy atom. The lowest BCUT2D eigenvalue weighted by atomic mass is 10.1. The van der Waals surface area contributed by atoms with Crippen LogP contribution < -0.4 is 11.4 Å². The van der Waals surface area contributed by atoms with Crippen LogP contribution in [0.25, 0.3) is 0 Å². The van der Waals surface area contributed by atoms with E-state index in [9.17, 15) is 19.6 Å². The average molecular weight is 337 g/mol. The van der Waals surface area contributed by atoms with Gasteiger partial charge in [0.2, 0.25) is 0 Å². The molecule has 0 radical (unpaired) electrons. The second kappa shape index (κ2) is 6.42. The highest BCUT2D eigenvalue weighted by molar-refractivity contribution is 7.46. The molecule has 1 aliphatic heterocycles. The lowest BCUT2D eigenvalue weighted by molar-refractivity contribution is -0.0449. The van der Waals surface area contributed by atoms with Crippen LogP contribution in [0.5, 0.6) is 0 Å². The third kappa shape index (κ3) is 3.90. The van der Waals surface area contributed by atoms with Gasteiger partial charge in [-0.25, -0.2) is 9.36 Å². The van der Waals surface area contributed by atoms with Gasteiger partial charge in [-0.05, 0) is 6.07 Å². The summed E-state index contributed by atoms with van der Waals surface area (Å²) in [4.78, 5) is 32.3. The molecule has 22 heavy (non-hydrogen) atoms. The van der Waals surface area contributed by atoms with Gasteiger partial charge in [-0.2, -0.15) is 4.98 Å². The van der Waals surface area contributed by atoms with Crippen LogP contribution in [0.1, 0.15) is 12.6 Å². The van der Waals surface area contributed by atoms with E-state index in [-0.39, 0.29) is 18.8 Å². The molecule has 1 fully saturated rings. The summed E-state index contributed by atoms with van der Waals surface area (Å²) >= 11 is 0. The molecule has 1 aromatic rings. The van der Waals surface area contributed by atoms with Gasteiger partial charge in [0.15, 0.2) is 6.23 Å². The van der Waals surface area contributed by atoms with E-state index in [2.05, 4.69) is 9.51 Å². The molecule has 0 aromatic carbocycles. The highest BCUT2D eigenvalue weighted by Crippen LogP contribution is 2.37. The number of nitrogens with zero attached hydrogens (tertiary/aromatic N) is 2. The standard InChI is InChI=1S/C10H16N3O8P/c11-6-1-3-13(10(16)12-6)9-8(15)7(14)5(21-9)2-4-20-22(17,18)19/h1,3,5,7-9,14-15H,2,4H2,(H2,11,12,16)(H2,17,18,19). The number of nitrogen functional groups attached to an aromatic ring is 1. The van der Waals surface area contributed by atoms with Gasteiger partial charge in [-0.15, -0.1) is 0 Å². The van der Waals surface area contributed by atoms with Gasteiger partial charge in [-0.1, -0.05) is 0 Å². The van der Waals surface area contributed by atoms with Gasteiger partial charge in [0.05, 0.1) is 12.7 Å². The molecule has 1 aromatic heterocycles. The molecule has 2 heterocycles. The number of nitrogens with two attached hydrogens (primary N) is 1. The van der Waals surface area contributed by atoms with Crippen molar-refractivity contribution in [2.45, 2.75) is 31.0 Å². The second-order valence-electron chi connectivity index (χ2n) is 4.70. The highest BCUT2D eigenvalue weighted by Gasteiger charge is 2.44. The Labute approximate surface area is 124 Å². The highest BCUT2D eigenvalue weighted by atomic mass is 31.2. The fourth-order valence-electron chi connectivity index (χ4n) is 2.10. The molecule has 0 bridgehead atoms. The van der Waals surface area contributed by atoms with Crippen LogP contribution in [0.4, 0.5) is 5.82 Å². The van der Waals surface area contributed by atoms with E-state index < -0.39 is 38.1 Å². The first-order valence-corrected chi connectivity index (χ1v) is 7.78. The Morgan fingerprint density at radius 3 is 2.68 bits per heavy atom. The van der Waals surface area contributed by atoms with Crippen molar-refractivity contribution in [3.05, 3.63) is 22.7 Å².